The fourth-order valence-electron chi connectivity index (χ4n) is 2.02. The minimum Gasteiger partial charge on any atom is -0.497 e. The van der Waals surface area contributed by atoms with Crippen LogP contribution in [-0.4, -0.2) is 48.8 Å². The molecule has 0 aliphatic heterocycles. The summed E-state index contributed by atoms with van der Waals surface area (Å²) in [6.45, 7) is 3.90. The minimum absolute atomic E-state index is 0.217. The van der Waals surface area contributed by atoms with Crippen LogP contribution in [0.25, 0.3) is 0 Å². The van der Waals surface area contributed by atoms with Gasteiger partial charge in [0.15, 0.2) is 6.10 Å². The summed E-state index contributed by atoms with van der Waals surface area (Å²) in [4.78, 5) is 15.2. The number of aliphatic carboxylic acids is 1. The molecule has 0 spiro atoms. The highest BCUT2D eigenvalue weighted by Gasteiger charge is 2.25. The lowest BCUT2D eigenvalue weighted by atomic mass is 9.99. The number of aliphatic hydroxyl groups is 1. The maximum absolute atomic E-state index is 11.0. The first kappa shape index (κ1) is 18.0. The van der Waals surface area contributed by atoms with Crippen molar-refractivity contribution >= 4 is 12.2 Å². The molecule has 2 unspecified atom stereocenters. The molecule has 6 heteroatoms. The van der Waals surface area contributed by atoms with Crippen LogP contribution in [0.4, 0.5) is 0 Å². The molecule has 0 bridgehead atoms. The molecule has 0 fully saturated rings. The van der Waals surface area contributed by atoms with Crippen molar-refractivity contribution in [1.29, 1.82) is 0 Å². The Balaban J connectivity index is 3.01. The number of benzene rings is 1. The SMILES string of the molecule is COc1ccc(C=NC(CC(C)C)C(O)C(=O)O)c(OC)c1. The molecule has 6 nitrogen and oxygen atoms in total. The summed E-state index contributed by atoms with van der Waals surface area (Å²) in [6, 6.07) is 4.53. The van der Waals surface area contributed by atoms with Crippen LogP contribution in [-0.2, 0) is 4.79 Å². The Kier molecular flexibility index (Phi) is 6.85. The number of aliphatic imine (C=N–C) groups is 1. The Labute approximate surface area is 130 Å². The monoisotopic (exact) mass is 309 g/mol. The highest BCUT2D eigenvalue weighted by atomic mass is 16.5. The summed E-state index contributed by atoms with van der Waals surface area (Å²) >= 11 is 0. The van der Waals surface area contributed by atoms with Crippen molar-refractivity contribution in [2.45, 2.75) is 32.4 Å². The first-order valence-corrected chi connectivity index (χ1v) is 7.05. The number of aliphatic hydroxyl groups excluding tert-OH is 1. The largest absolute Gasteiger partial charge is 0.497 e. The number of nitrogens with zero attached hydrogens (tertiary/aromatic N) is 1. The predicted molar refractivity (Wildman–Crippen MR) is 84.0 cm³/mol. The molecule has 1 aromatic carbocycles. The molecule has 1 aromatic rings. The maximum atomic E-state index is 11.0. The van der Waals surface area contributed by atoms with Gasteiger partial charge in [0.05, 0.1) is 20.3 Å². The van der Waals surface area contributed by atoms with E-state index in [-0.39, 0.29) is 5.92 Å². The molecule has 0 aromatic heterocycles. The van der Waals surface area contributed by atoms with E-state index in [4.69, 9.17) is 14.6 Å². The normalized spacial score (nSPS) is 14.1. The van der Waals surface area contributed by atoms with E-state index in [2.05, 4.69) is 4.99 Å². The van der Waals surface area contributed by atoms with Gasteiger partial charge >= 0.3 is 5.97 Å². The molecule has 122 valence electrons. The zero-order chi connectivity index (χ0) is 16.7. The summed E-state index contributed by atoms with van der Waals surface area (Å²) < 4.78 is 10.4. The van der Waals surface area contributed by atoms with Crippen LogP contribution in [0.1, 0.15) is 25.8 Å². The lowest BCUT2D eigenvalue weighted by Gasteiger charge is -2.18. The lowest BCUT2D eigenvalue weighted by Crippen LogP contribution is -2.33. The first-order chi connectivity index (χ1) is 10.4. The quantitative estimate of drug-likeness (QED) is 0.717. The van der Waals surface area contributed by atoms with Gasteiger partial charge in [0, 0.05) is 17.8 Å². The summed E-state index contributed by atoms with van der Waals surface area (Å²) in [7, 11) is 3.09. The Bertz CT molecular complexity index is 527. The zero-order valence-corrected chi connectivity index (χ0v) is 13.3. The van der Waals surface area contributed by atoms with Crippen molar-refractivity contribution in [2.75, 3.05) is 14.2 Å². The number of carboxylic acids is 1. The van der Waals surface area contributed by atoms with E-state index in [0.717, 1.165) is 0 Å². The first-order valence-electron chi connectivity index (χ1n) is 7.05. The highest BCUT2D eigenvalue weighted by Crippen LogP contribution is 2.23. The summed E-state index contributed by atoms with van der Waals surface area (Å²) in [5.41, 5.74) is 0.689. The van der Waals surface area contributed by atoms with E-state index in [9.17, 15) is 9.90 Å². The Hall–Kier alpha value is -2.08. The summed E-state index contributed by atoms with van der Waals surface area (Å²) in [5.74, 6) is 0.160. The number of hydrogen-bond donors (Lipinski definition) is 2. The minimum atomic E-state index is -1.53. The topological polar surface area (TPSA) is 88.4 Å². The van der Waals surface area contributed by atoms with Crippen molar-refractivity contribution < 1.29 is 24.5 Å². The number of carbonyl (C=O) groups is 1. The van der Waals surface area contributed by atoms with Gasteiger partial charge in [-0.25, -0.2) is 4.79 Å². The van der Waals surface area contributed by atoms with Gasteiger partial charge in [-0.05, 0) is 24.5 Å². The summed E-state index contributed by atoms with van der Waals surface area (Å²) in [5, 5.41) is 18.7. The molecule has 0 aliphatic rings. The molecule has 0 radical (unpaired) electrons. The van der Waals surface area contributed by atoms with E-state index in [1.807, 2.05) is 13.8 Å². The maximum Gasteiger partial charge on any atom is 0.334 e. The van der Waals surface area contributed by atoms with E-state index in [0.29, 0.717) is 23.5 Å². The fraction of sp³-hybridized carbons (Fsp3) is 0.500. The Morgan fingerprint density at radius 2 is 2.00 bits per heavy atom. The third-order valence-electron chi connectivity index (χ3n) is 3.18. The van der Waals surface area contributed by atoms with Gasteiger partial charge < -0.3 is 19.7 Å². The van der Waals surface area contributed by atoms with Gasteiger partial charge in [-0.1, -0.05) is 13.8 Å². The fourth-order valence-corrected chi connectivity index (χ4v) is 2.02. The second-order valence-electron chi connectivity index (χ2n) is 5.37. The molecular weight excluding hydrogens is 286 g/mol. The average Bonchev–Trinajstić information content (AvgIpc) is 2.49. The molecular formula is C16H23NO5. The lowest BCUT2D eigenvalue weighted by molar-refractivity contribution is -0.147. The van der Waals surface area contributed by atoms with Gasteiger partial charge in [0.25, 0.3) is 0 Å². The number of methoxy groups -OCH3 is 2. The van der Waals surface area contributed by atoms with Crippen molar-refractivity contribution in [3.05, 3.63) is 23.8 Å². The Morgan fingerprint density at radius 1 is 1.32 bits per heavy atom. The number of rotatable bonds is 8. The van der Waals surface area contributed by atoms with Crippen LogP contribution < -0.4 is 9.47 Å². The summed E-state index contributed by atoms with van der Waals surface area (Å²) in [6.07, 6.45) is 0.475. The second kappa shape index (κ2) is 8.38. The molecule has 2 N–H and O–H groups in total. The van der Waals surface area contributed by atoms with Crippen LogP contribution in [0.15, 0.2) is 23.2 Å². The molecule has 0 heterocycles. The van der Waals surface area contributed by atoms with E-state index >= 15 is 0 Å². The van der Waals surface area contributed by atoms with Crippen molar-refractivity contribution in [3.8, 4) is 11.5 Å². The van der Waals surface area contributed by atoms with Crippen LogP contribution in [0.2, 0.25) is 0 Å². The third-order valence-corrected chi connectivity index (χ3v) is 3.18. The van der Waals surface area contributed by atoms with Crippen molar-refractivity contribution in [1.82, 2.24) is 0 Å². The highest BCUT2D eigenvalue weighted by molar-refractivity contribution is 5.84. The van der Waals surface area contributed by atoms with Gasteiger partial charge in [-0.2, -0.15) is 0 Å². The van der Waals surface area contributed by atoms with E-state index < -0.39 is 18.1 Å². The smallest absolute Gasteiger partial charge is 0.334 e. The number of carboxylic acid groups (broad SMARTS) is 1. The van der Waals surface area contributed by atoms with Crippen molar-refractivity contribution in [2.24, 2.45) is 10.9 Å². The molecule has 2 atom stereocenters. The Morgan fingerprint density at radius 3 is 2.50 bits per heavy atom. The van der Waals surface area contributed by atoms with Crippen LogP contribution in [0.3, 0.4) is 0 Å². The van der Waals surface area contributed by atoms with Crippen LogP contribution >= 0.6 is 0 Å². The van der Waals surface area contributed by atoms with Gasteiger partial charge in [0.2, 0.25) is 0 Å². The van der Waals surface area contributed by atoms with Gasteiger partial charge in [0.1, 0.15) is 11.5 Å². The van der Waals surface area contributed by atoms with Gasteiger partial charge in [-0.3, -0.25) is 4.99 Å². The predicted octanol–water partition coefficient (Wildman–Crippen LogP) is 1.98. The van der Waals surface area contributed by atoms with Crippen LogP contribution in [0, 0.1) is 5.92 Å². The molecule has 0 saturated carbocycles. The van der Waals surface area contributed by atoms with Crippen LogP contribution in [0.5, 0.6) is 11.5 Å². The van der Waals surface area contributed by atoms with Crippen molar-refractivity contribution in [3.63, 3.8) is 0 Å². The standard InChI is InChI=1S/C16H23NO5/c1-10(2)7-13(15(18)16(19)20)17-9-11-5-6-12(21-3)8-14(11)22-4/h5-6,8-10,13,15,18H,7H2,1-4H3,(H,19,20). The van der Waals surface area contributed by atoms with Gasteiger partial charge in [-0.15, -0.1) is 0 Å². The number of ether oxygens (including phenoxy) is 2. The number of hydrogen-bond acceptors (Lipinski definition) is 5. The zero-order valence-electron chi connectivity index (χ0n) is 13.3. The molecule has 22 heavy (non-hydrogen) atoms. The molecule has 0 aliphatic carbocycles. The second-order valence-corrected chi connectivity index (χ2v) is 5.37. The molecule has 0 amide bonds. The van der Waals surface area contributed by atoms with E-state index in [1.54, 1.807) is 25.3 Å². The molecule has 1 rings (SSSR count). The van der Waals surface area contributed by atoms with E-state index in [1.165, 1.54) is 13.3 Å². The third kappa shape index (κ3) is 5.04. The average molecular weight is 309 g/mol. The molecule has 0 saturated heterocycles.